The Kier molecular flexibility index (Phi) is 5.95. The van der Waals surface area contributed by atoms with E-state index in [4.69, 9.17) is 16.7 Å². The van der Waals surface area contributed by atoms with E-state index >= 15 is 0 Å². The number of amides is 1. The molecule has 31 heavy (non-hydrogen) atoms. The molecule has 3 aromatic carbocycles. The molecule has 3 aromatic rings. The van der Waals surface area contributed by atoms with E-state index < -0.39 is 4.92 Å². The summed E-state index contributed by atoms with van der Waals surface area (Å²) in [6.07, 6.45) is 0. The van der Waals surface area contributed by atoms with Gasteiger partial charge in [-0.05, 0) is 35.4 Å². The lowest BCUT2D eigenvalue weighted by Crippen LogP contribution is -2.29. The predicted octanol–water partition coefficient (Wildman–Crippen LogP) is 4.69. The van der Waals surface area contributed by atoms with Crippen LogP contribution in [-0.2, 0) is 4.79 Å². The first-order valence-electron chi connectivity index (χ1n) is 9.68. The molecule has 7 nitrogen and oxygen atoms in total. The molecular weight excluding hydrogens is 416 g/mol. The van der Waals surface area contributed by atoms with Crippen molar-refractivity contribution in [2.24, 2.45) is 5.10 Å². The summed E-state index contributed by atoms with van der Waals surface area (Å²) in [6, 6.07) is 23.3. The topological polar surface area (TPSA) is 87.8 Å². The van der Waals surface area contributed by atoms with Crippen LogP contribution < -0.4 is 5.32 Å². The van der Waals surface area contributed by atoms with Crippen LogP contribution in [0.5, 0.6) is 0 Å². The van der Waals surface area contributed by atoms with Crippen LogP contribution in [0.3, 0.4) is 0 Å². The van der Waals surface area contributed by atoms with E-state index in [0.29, 0.717) is 17.3 Å². The van der Waals surface area contributed by atoms with Gasteiger partial charge in [0.1, 0.15) is 6.54 Å². The molecule has 0 saturated heterocycles. The summed E-state index contributed by atoms with van der Waals surface area (Å²) >= 11 is 6.03. The lowest BCUT2D eigenvalue weighted by Gasteiger charge is -2.16. The first-order chi connectivity index (χ1) is 15.0. The van der Waals surface area contributed by atoms with E-state index in [1.807, 2.05) is 42.5 Å². The highest BCUT2D eigenvalue weighted by molar-refractivity contribution is 6.30. The number of nitrogens with zero attached hydrogens (tertiary/aromatic N) is 3. The van der Waals surface area contributed by atoms with Gasteiger partial charge >= 0.3 is 0 Å². The fourth-order valence-corrected chi connectivity index (χ4v) is 3.65. The van der Waals surface area contributed by atoms with Gasteiger partial charge in [-0.2, -0.15) is 5.10 Å². The SMILES string of the molecule is O=C(CN1CC(c2ccccc2)C(c2ccc(Cl)cc2)=N1)Nc1ccc([N+](=O)[O-])cc1. The largest absolute Gasteiger partial charge is 0.324 e. The van der Waals surface area contributed by atoms with Gasteiger partial charge in [-0.15, -0.1) is 0 Å². The predicted molar refractivity (Wildman–Crippen MR) is 120 cm³/mol. The van der Waals surface area contributed by atoms with Crippen molar-refractivity contribution in [3.8, 4) is 0 Å². The zero-order chi connectivity index (χ0) is 21.8. The van der Waals surface area contributed by atoms with Crippen LogP contribution in [0.1, 0.15) is 17.0 Å². The number of hydrogen-bond donors (Lipinski definition) is 1. The summed E-state index contributed by atoms with van der Waals surface area (Å²) in [5.41, 5.74) is 3.42. The molecule has 1 atom stereocenters. The lowest BCUT2D eigenvalue weighted by molar-refractivity contribution is -0.384. The van der Waals surface area contributed by atoms with Crippen molar-refractivity contribution in [1.82, 2.24) is 5.01 Å². The molecule has 0 radical (unpaired) electrons. The number of hydrazone groups is 1. The van der Waals surface area contributed by atoms with E-state index in [1.54, 1.807) is 5.01 Å². The Morgan fingerprint density at radius 3 is 2.39 bits per heavy atom. The number of nitrogens with one attached hydrogen (secondary N) is 1. The minimum Gasteiger partial charge on any atom is -0.324 e. The molecule has 0 aliphatic carbocycles. The second kappa shape index (κ2) is 8.97. The van der Waals surface area contributed by atoms with Crippen molar-refractivity contribution in [1.29, 1.82) is 0 Å². The average molecular weight is 435 g/mol. The van der Waals surface area contributed by atoms with Crippen molar-refractivity contribution >= 4 is 34.6 Å². The number of benzene rings is 3. The summed E-state index contributed by atoms with van der Waals surface area (Å²) in [6.45, 7) is 0.632. The van der Waals surface area contributed by atoms with Crippen LogP contribution in [-0.4, -0.2) is 34.6 Å². The van der Waals surface area contributed by atoms with E-state index in [-0.39, 0.29) is 24.1 Å². The first kappa shape index (κ1) is 20.6. The molecule has 1 aliphatic heterocycles. The van der Waals surface area contributed by atoms with Crippen molar-refractivity contribution < 1.29 is 9.72 Å². The average Bonchev–Trinajstić information content (AvgIpc) is 3.19. The highest BCUT2D eigenvalue weighted by Crippen LogP contribution is 2.29. The van der Waals surface area contributed by atoms with E-state index in [2.05, 4.69) is 17.4 Å². The standard InChI is InChI=1S/C23H19ClN4O3/c24-18-8-6-17(7-9-18)23-21(16-4-2-1-3-5-16)14-27(26-23)15-22(29)25-19-10-12-20(13-11-19)28(30)31/h1-13,21H,14-15H2,(H,25,29). The van der Waals surface area contributed by atoms with Crippen LogP contribution >= 0.6 is 11.6 Å². The Hall–Kier alpha value is -3.71. The maximum Gasteiger partial charge on any atom is 0.269 e. The van der Waals surface area contributed by atoms with Crippen LogP contribution in [0, 0.1) is 10.1 Å². The fourth-order valence-electron chi connectivity index (χ4n) is 3.52. The smallest absolute Gasteiger partial charge is 0.269 e. The van der Waals surface area contributed by atoms with Crippen molar-refractivity contribution in [3.05, 3.63) is 105 Å². The number of carbonyl (C=O) groups is 1. The molecule has 4 rings (SSSR count). The lowest BCUT2D eigenvalue weighted by atomic mass is 9.91. The molecule has 1 N–H and O–H groups in total. The summed E-state index contributed by atoms with van der Waals surface area (Å²) in [4.78, 5) is 22.8. The molecule has 156 valence electrons. The van der Waals surface area contributed by atoms with Gasteiger partial charge in [-0.25, -0.2) is 0 Å². The van der Waals surface area contributed by atoms with Gasteiger partial charge in [-0.1, -0.05) is 54.1 Å². The van der Waals surface area contributed by atoms with Crippen LogP contribution in [0.25, 0.3) is 0 Å². The van der Waals surface area contributed by atoms with Gasteiger partial charge in [0.05, 0.1) is 10.6 Å². The van der Waals surface area contributed by atoms with Crippen molar-refractivity contribution in [2.45, 2.75) is 5.92 Å². The zero-order valence-corrected chi connectivity index (χ0v) is 17.2. The molecule has 1 heterocycles. The number of anilines is 1. The third-order valence-corrected chi connectivity index (χ3v) is 5.25. The Morgan fingerprint density at radius 1 is 1.06 bits per heavy atom. The molecule has 1 aliphatic rings. The maximum atomic E-state index is 12.5. The van der Waals surface area contributed by atoms with Crippen molar-refractivity contribution in [3.63, 3.8) is 0 Å². The van der Waals surface area contributed by atoms with Crippen LogP contribution in [0.15, 0.2) is 84.0 Å². The summed E-state index contributed by atoms with van der Waals surface area (Å²) in [7, 11) is 0. The molecule has 0 aromatic heterocycles. The van der Waals surface area contributed by atoms with Gasteiger partial charge in [0, 0.05) is 35.3 Å². The van der Waals surface area contributed by atoms with Gasteiger partial charge in [0.15, 0.2) is 0 Å². The molecule has 0 saturated carbocycles. The van der Waals surface area contributed by atoms with Crippen molar-refractivity contribution in [2.75, 3.05) is 18.4 Å². The Bertz CT molecular complexity index is 1120. The van der Waals surface area contributed by atoms with Gasteiger partial charge < -0.3 is 5.32 Å². The third-order valence-electron chi connectivity index (χ3n) is 5.00. The van der Waals surface area contributed by atoms with Gasteiger partial charge in [0.25, 0.3) is 5.69 Å². The number of non-ortho nitro benzene ring substituents is 1. The summed E-state index contributed by atoms with van der Waals surface area (Å²) in [5.74, 6) is -0.226. The normalized spacial score (nSPS) is 15.5. The van der Waals surface area contributed by atoms with Gasteiger partial charge in [0.2, 0.25) is 5.91 Å². The molecule has 8 heteroatoms. The van der Waals surface area contributed by atoms with Gasteiger partial charge in [-0.3, -0.25) is 19.9 Å². The molecule has 0 fully saturated rings. The highest BCUT2D eigenvalue weighted by atomic mass is 35.5. The second-order valence-electron chi connectivity index (χ2n) is 7.15. The maximum absolute atomic E-state index is 12.5. The Morgan fingerprint density at radius 2 is 1.74 bits per heavy atom. The number of rotatable bonds is 6. The van der Waals surface area contributed by atoms with E-state index in [1.165, 1.54) is 24.3 Å². The molecule has 1 unspecified atom stereocenters. The Labute approximate surface area is 184 Å². The van der Waals surface area contributed by atoms with Crippen LogP contribution in [0.2, 0.25) is 5.02 Å². The second-order valence-corrected chi connectivity index (χ2v) is 7.59. The number of nitro groups is 1. The first-order valence-corrected chi connectivity index (χ1v) is 10.1. The minimum atomic E-state index is -0.480. The summed E-state index contributed by atoms with van der Waals surface area (Å²) in [5, 5.41) is 20.6. The van der Waals surface area contributed by atoms with E-state index in [9.17, 15) is 14.9 Å². The molecular formula is C23H19ClN4O3. The summed E-state index contributed by atoms with van der Waals surface area (Å²) < 4.78 is 0. The minimum absolute atomic E-state index is 0.0227. The van der Waals surface area contributed by atoms with E-state index in [0.717, 1.165) is 16.8 Å². The quantitative estimate of drug-likeness (QED) is 0.450. The Balaban J connectivity index is 1.50. The zero-order valence-electron chi connectivity index (χ0n) is 16.4. The number of halogens is 1. The highest BCUT2D eigenvalue weighted by Gasteiger charge is 2.30. The molecule has 0 spiro atoms. The van der Waals surface area contributed by atoms with Crippen LogP contribution in [0.4, 0.5) is 11.4 Å². The monoisotopic (exact) mass is 434 g/mol. The fraction of sp³-hybridized carbons (Fsp3) is 0.130. The number of carbonyl (C=O) groups excluding carboxylic acids is 1. The molecule has 0 bridgehead atoms. The third kappa shape index (κ3) is 4.90. The number of nitro benzene ring substituents is 1. The number of hydrogen-bond acceptors (Lipinski definition) is 5. The molecule has 1 amide bonds.